The van der Waals surface area contributed by atoms with Gasteiger partial charge in [-0.15, -0.1) is 11.3 Å². The Kier molecular flexibility index (Phi) is 6.37. The second-order valence-corrected chi connectivity index (χ2v) is 21.9. The van der Waals surface area contributed by atoms with Gasteiger partial charge in [-0.2, -0.15) is 0 Å². The highest BCUT2D eigenvalue weighted by atomic mass is 32.2. The van der Waals surface area contributed by atoms with Crippen LogP contribution in [0.3, 0.4) is 0 Å². The van der Waals surface area contributed by atoms with Crippen LogP contribution in [0.5, 0.6) is 0 Å². The van der Waals surface area contributed by atoms with Crippen LogP contribution in [0.4, 0.5) is 11.4 Å². The molecule has 0 atom stereocenters. The number of fused-ring (bicyclic) bond motifs is 14. The molecular weight excluding hydrogens is 714 g/mol. The van der Waals surface area contributed by atoms with E-state index < -0.39 is 0 Å². The van der Waals surface area contributed by atoms with E-state index in [2.05, 4.69) is 175 Å². The maximum Gasteiger partial charge on any atom is 0.329 e. The number of nitrogens with zero attached hydrogens (tertiary/aromatic N) is 2. The zero-order valence-corrected chi connectivity index (χ0v) is 35.3. The third kappa shape index (κ3) is 4.22. The monoisotopic (exact) mass is 758 g/mol. The molecule has 0 amide bonds. The predicted molar refractivity (Wildman–Crippen MR) is 247 cm³/mol. The maximum absolute atomic E-state index is 2.83. The summed E-state index contributed by atoms with van der Waals surface area (Å²) < 4.78 is 5.48. The first-order valence-corrected chi connectivity index (χ1v) is 21.9. The molecule has 4 aliphatic rings. The van der Waals surface area contributed by atoms with Crippen LogP contribution in [0, 0.1) is 0 Å². The van der Waals surface area contributed by atoms with E-state index in [0.29, 0.717) is 0 Å². The molecular formula is C50H44B2N2S2. The van der Waals surface area contributed by atoms with Gasteiger partial charge in [-0.25, -0.2) is 0 Å². The van der Waals surface area contributed by atoms with Crippen molar-refractivity contribution in [1.29, 1.82) is 0 Å². The summed E-state index contributed by atoms with van der Waals surface area (Å²) in [5.74, 6) is 0. The van der Waals surface area contributed by atoms with Gasteiger partial charge in [0.1, 0.15) is 0 Å². The molecule has 6 aromatic carbocycles. The van der Waals surface area contributed by atoms with E-state index in [0.717, 1.165) is 0 Å². The molecule has 0 N–H and O–H groups in total. The molecule has 0 saturated carbocycles. The normalized spacial score (nSPS) is 15.1. The van der Waals surface area contributed by atoms with Crippen molar-refractivity contribution in [3.05, 3.63) is 114 Å². The SMILES string of the molecule is CC(C)(C)c1ccc2c(c1)B1c3cc4c5ccccc5n(C(C)(C)C)c4cc3-c3cc(C(C)(C)C)cc4c3N1c1c-2ccc2c1B4c1sc3ccccc3c1S2. The van der Waals surface area contributed by atoms with Gasteiger partial charge >= 0.3 is 6.85 Å². The van der Waals surface area contributed by atoms with E-state index >= 15 is 0 Å². The van der Waals surface area contributed by atoms with Crippen molar-refractivity contribution in [3.63, 3.8) is 0 Å². The van der Waals surface area contributed by atoms with Crippen LogP contribution in [0.1, 0.15) is 73.4 Å². The average molecular weight is 759 g/mol. The number of rotatable bonds is 0. The van der Waals surface area contributed by atoms with Crippen LogP contribution in [0.2, 0.25) is 0 Å². The van der Waals surface area contributed by atoms with Crippen molar-refractivity contribution >= 4 is 107 Å². The first kappa shape index (κ1) is 33.5. The molecule has 12 rings (SSSR count). The summed E-state index contributed by atoms with van der Waals surface area (Å²) in [5, 5.41) is 4.07. The first-order valence-electron chi connectivity index (χ1n) is 20.2. The first-order chi connectivity index (χ1) is 26.7. The van der Waals surface area contributed by atoms with E-state index in [1.807, 2.05) is 23.1 Å². The van der Waals surface area contributed by atoms with Crippen LogP contribution in [-0.4, -0.2) is 18.1 Å². The minimum absolute atomic E-state index is 0.0264. The highest BCUT2D eigenvalue weighted by molar-refractivity contribution is 8.00. The third-order valence-corrected chi connectivity index (χ3v) is 15.8. The highest BCUT2D eigenvalue weighted by Crippen LogP contribution is 2.52. The smallest absolute Gasteiger partial charge is 0.329 e. The maximum atomic E-state index is 2.83. The minimum atomic E-state index is -0.0936. The Morgan fingerprint density at radius 3 is 2.00 bits per heavy atom. The molecule has 0 aliphatic carbocycles. The Morgan fingerprint density at radius 2 is 1.23 bits per heavy atom. The molecule has 6 heterocycles. The van der Waals surface area contributed by atoms with Gasteiger partial charge in [0.25, 0.3) is 6.71 Å². The second-order valence-electron chi connectivity index (χ2n) is 19.7. The molecule has 0 bridgehead atoms. The van der Waals surface area contributed by atoms with E-state index in [1.165, 1.54) is 113 Å². The Hall–Kier alpha value is -4.64. The number of aromatic nitrogens is 1. The number of thiophene rings is 1. The van der Waals surface area contributed by atoms with Gasteiger partial charge in [0, 0.05) is 64.2 Å². The fourth-order valence-electron chi connectivity index (χ4n) is 10.6. The van der Waals surface area contributed by atoms with Crippen LogP contribution >= 0.6 is 23.1 Å². The Morgan fingerprint density at radius 1 is 0.536 bits per heavy atom. The van der Waals surface area contributed by atoms with Crippen LogP contribution in [0.15, 0.2) is 113 Å². The van der Waals surface area contributed by atoms with Gasteiger partial charge in [0.2, 0.25) is 0 Å². The molecule has 2 aromatic heterocycles. The average Bonchev–Trinajstić information content (AvgIpc) is 3.70. The number of para-hydroxylation sites is 1. The standard InChI is InChI=1S/C50H44B2N2S2/c1-48(2,3)27-18-19-29-31-20-21-42-43-45(31)54-44-35(22-28(49(4,5)6)24-38(44)51(43)47-46(55-42)32-15-11-13-17-41(32)56-47)33-26-40-34(25-37(33)52(54)36(29)23-27)30-14-10-12-16-39(30)53(40)50(7,8)9/h10-26H,1-9H3. The lowest BCUT2D eigenvalue weighted by molar-refractivity contribution is 0.423. The van der Waals surface area contributed by atoms with Gasteiger partial charge in [-0.05, 0) is 111 Å². The molecule has 4 aliphatic heterocycles. The fourth-order valence-corrected chi connectivity index (χ4v) is 13.4. The lowest BCUT2D eigenvalue weighted by Crippen LogP contribution is -2.68. The van der Waals surface area contributed by atoms with Crippen molar-refractivity contribution in [2.75, 3.05) is 4.81 Å². The lowest BCUT2D eigenvalue weighted by atomic mass is 9.33. The van der Waals surface area contributed by atoms with Crippen LogP contribution in [-0.2, 0) is 16.4 Å². The van der Waals surface area contributed by atoms with Crippen molar-refractivity contribution in [1.82, 2.24) is 4.57 Å². The summed E-state index contributed by atoms with van der Waals surface area (Å²) in [5.41, 5.74) is 19.5. The van der Waals surface area contributed by atoms with Gasteiger partial charge in [-0.1, -0.05) is 126 Å². The largest absolute Gasteiger partial charge is 0.377 e. The lowest BCUT2D eigenvalue weighted by Gasteiger charge is -2.50. The van der Waals surface area contributed by atoms with Gasteiger partial charge in [-0.3, -0.25) is 0 Å². The van der Waals surface area contributed by atoms with Crippen LogP contribution < -0.4 is 31.4 Å². The number of anilines is 2. The zero-order valence-electron chi connectivity index (χ0n) is 33.7. The van der Waals surface area contributed by atoms with Crippen LogP contribution in [0.25, 0.3) is 54.1 Å². The van der Waals surface area contributed by atoms with Crippen molar-refractivity contribution in [2.24, 2.45) is 0 Å². The molecule has 8 aromatic rings. The quantitative estimate of drug-likeness (QED) is 0.142. The molecule has 0 fully saturated rings. The summed E-state index contributed by atoms with van der Waals surface area (Å²) in [7, 11) is 0. The summed E-state index contributed by atoms with van der Waals surface area (Å²) in [6.45, 7) is 21.5. The van der Waals surface area contributed by atoms with Gasteiger partial charge < -0.3 is 9.38 Å². The highest BCUT2D eigenvalue weighted by Gasteiger charge is 2.52. The zero-order chi connectivity index (χ0) is 38.4. The molecule has 6 heteroatoms. The minimum Gasteiger partial charge on any atom is -0.377 e. The molecule has 0 unspecified atom stereocenters. The Bertz CT molecular complexity index is 3090. The van der Waals surface area contributed by atoms with E-state index in [-0.39, 0.29) is 29.9 Å². The number of benzene rings is 6. The third-order valence-electron chi connectivity index (χ3n) is 13.2. The molecule has 0 radical (unpaired) electrons. The van der Waals surface area contributed by atoms with E-state index in [1.54, 1.807) is 0 Å². The summed E-state index contributed by atoms with van der Waals surface area (Å²) >= 11 is 4.02. The fraction of sp³-hybridized carbons (Fsp3) is 0.240. The molecule has 0 spiro atoms. The molecule has 272 valence electrons. The topological polar surface area (TPSA) is 8.17 Å². The molecule has 0 saturated heterocycles. The van der Waals surface area contributed by atoms with Gasteiger partial charge in [0.15, 0.2) is 0 Å². The summed E-state index contributed by atoms with van der Waals surface area (Å²) in [6.07, 6.45) is 0. The van der Waals surface area contributed by atoms with Gasteiger partial charge in [0.05, 0.1) is 5.52 Å². The number of hydrogen-bond acceptors (Lipinski definition) is 3. The Balaban J connectivity index is 1.29. The number of hydrogen-bond donors (Lipinski definition) is 0. The second kappa shape index (κ2) is 10.6. The summed E-state index contributed by atoms with van der Waals surface area (Å²) in [4.78, 5) is 5.68. The van der Waals surface area contributed by atoms with E-state index in [9.17, 15) is 0 Å². The molecule has 56 heavy (non-hydrogen) atoms. The Labute approximate surface area is 339 Å². The van der Waals surface area contributed by atoms with Crippen molar-refractivity contribution in [2.45, 2.75) is 88.5 Å². The van der Waals surface area contributed by atoms with Crippen molar-refractivity contribution < 1.29 is 0 Å². The molecule has 2 nitrogen and oxygen atoms in total. The summed E-state index contributed by atoms with van der Waals surface area (Å²) in [6, 6.07) is 40.8. The van der Waals surface area contributed by atoms with E-state index in [4.69, 9.17) is 0 Å². The van der Waals surface area contributed by atoms with Crippen molar-refractivity contribution in [3.8, 4) is 22.3 Å². The predicted octanol–water partition coefficient (Wildman–Crippen LogP) is 10.6.